The molecule has 0 N–H and O–H groups in total. The molecule has 0 saturated heterocycles. The van der Waals surface area contributed by atoms with Gasteiger partial charge in [-0.3, -0.25) is 4.99 Å². The molecular formula is C17H14ClN3OS. The van der Waals surface area contributed by atoms with Gasteiger partial charge < -0.3 is 4.42 Å². The molecule has 4 nitrogen and oxygen atoms in total. The predicted octanol–water partition coefficient (Wildman–Crippen LogP) is 4.43. The first-order valence-electron chi connectivity index (χ1n) is 6.93. The van der Waals surface area contributed by atoms with Crippen molar-refractivity contribution in [1.82, 2.24) is 4.68 Å². The third kappa shape index (κ3) is 3.70. The van der Waals surface area contributed by atoms with E-state index in [1.54, 1.807) is 23.2 Å². The molecule has 0 aliphatic carbocycles. The number of benzene rings is 1. The molecule has 0 radical (unpaired) electrons. The minimum absolute atomic E-state index is 0.533. The molecule has 0 amide bonds. The Bertz CT molecular complexity index is 891. The van der Waals surface area contributed by atoms with E-state index >= 15 is 0 Å². The van der Waals surface area contributed by atoms with E-state index in [2.05, 4.69) is 16.7 Å². The summed E-state index contributed by atoms with van der Waals surface area (Å²) in [5.41, 5.74) is 1.76. The number of furan rings is 1. The van der Waals surface area contributed by atoms with E-state index in [9.17, 15) is 0 Å². The Balaban J connectivity index is 2.05. The Labute approximate surface area is 142 Å². The summed E-state index contributed by atoms with van der Waals surface area (Å²) in [6.45, 7) is 4.23. The van der Waals surface area contributed by atoms with E-state index < -0.39 is 0 Å². The van der Waals surface area contributed by atoms with Gasteiger partial charge in [-0.25, -0.2) is 4.68 Å². The lowest BCUT2D eigenvalue weighted by atomic mass is 10.2. The van der Waals surface area contributed by atoms with Crippen molar-refractivity contribution in [2.75, 3.05) is 6.54 Å². The average molecular weight is 344 g/mol. The molecule has 2 heterocycles. The molecule has 23 heavy (non-hydrogen) atoms. The highest BCUT2D eigenvalue weighted by molar-refractivity contribution is 7.07. The van der Waals surface area contributed by atoms with Crippen LogP contribution in [0.5, 0.6) is 0 Å². The number of halogens is 1. The van der Waals surface area contributed by atoms with Crippen molar-refractivity contribution >= 4 is 29.2 Å². The lowest BCUT2D eigenvalue weighted by Gasteiger charge is -2.00. The second kappa shape index (κ2) is 7.26. The van der Waals surface area contributed by atoms with Crippen LogP contribution < -0.4 is 4.80 Å². The molecule has 0 fully saturated rings. The molecule has 116 valence electrons. The summed E-state index contributed by atoms with van der Waals surface area (Å²) < 4.78 is 7.24. The fourth-order valence-electron chi connectivity index (χ4n) is 1.97. The molecule has 0 atom stereocenters. The lowest BCUT2D eigenvalue weighted by Crippen LogP contribution is -2.12. The van der Waals surface area contributed by atoms with Crippen LogP contribution >= 0.6 is 22.9 Å². The van der Waals surface area contributed by atoms with Crippen LogP contribution in [0.4, 0.5) is 0 Å². The minimum Gasteiger partial charge on any atom is -0.463 e. The molecule has 0 aliphatic heterocycles. The van der Waals surface area contributed by atoms with E-state index in [0.29, 0.717) is 11.6 Å². The van der Waals surface area contributed by atoms with Crippen LogP contribution in [0.15, 0.2) is 75.2 Å². The van der Waals surface area contributed by atoms with Gasteiger partial charge in [-0.1, -0.05) is 29.8 Å². The molecule has 6 heteroatoms. The number of nitrogens with zero attached hydrogens (tertiary/aromatic N) is 3. The van der Waals surface area contributed by atoms with Crippen molar-refractivity contribution < 1.29 is 4.42 Å². The molecular weight excluding hydrogens is 330 g/mol. The number of thiazole rings is 1. The highest BCUT2D eigenvalue weighted by Gasteiger charge is 2.09. The number of aromatic nitrogens is 1. The maximum absolute atomic E-state index is 6.01. The maximum atomic E-state index is 6.01. The van der Waals surface area contributed by atoms with Gasteiger partial charge in [0.2, 0.25) is 4.80 Å². The Hall–Kier alpha value is -2.37. The molecule has 2 aromatic heterocycles. The van der Waals surface area contributed by atoms with Crippen LogP contribution in [0.3, 0.4) is 0 Å². The highest BCUT2D eigenvalue weighted by Crippen LogP contribution is 2.20. The Morgan fingerprint density at radius 2 is 2.22 bits per heavy atom. The summed E-state index contributed by atoms with van der Waals surface area (Å²) in [7, 11) is 0. The van der Waals surface area contributed by atoms with E-state index in [4.69, 9.17) is 16.0 Å². The second-order valence-corrected chi connectivity index (χ2v) is 5.89. The van der Waals surface area contributed by atoms with Gasteiger partial charge in [0, 0.05) is 10.4 Å². The standard InChI is InChI=1S/C17H14ClN3OS/c1-2-8-19-17-21(15(12-23-17)16-7-4-9-22-16)20-11-13-5-3-6-14(18)10-13/h2-7,9-12H,1,8H2. The van der Waals surface area contributed by atoms with Crippen LogP contribution in [0.2, 0.25) is 5.02 Å². The molecule has 3 rings (SSSR count). The lowest BCUT2D eigenvalue weighted by molar-refractivity contribution is 0.575. The first kappa shape index (κ1) is 15.5. The third-order valence-corrected chi connectivity index (χ3v) is 4.07. The summed E-state index contributed by atoms with van der Waals surface area (Å²) in [5.74, 6) is 0.740. The van der Waals surface area contributed by atoms with Crippen molar-refractivity contribution in [2.45, 2.75) is 0 Å². The fraction of sp³-hybridized carbons (Fsp3) is 0.0588. The molecule has 1 aromatic carbocycles. The van der Waals surface area contributed by atoms with E-state index in [1.807, 2.05) is 41.8 Å². The zero-order valence-electron chi connectivity index (χ0n) is 12.2. The van der Waals surface area contributed by atoms with Crippen molar-refractivity contribution in [2.24, 2.45) is 10.1 Å². The average Bonchev–Trinajstić information content (AvgIpc) is 3.20. The normalized spacial score (nSPS) is 12.1. The predicted molar refractivity (Wildman–Crippen MR) is 95.1 cm³/mol. The summed E-state index contributed by atoms with van der Waals surface area (Å²) in [4.78, 5) is 5.24. The van der Waals surface area contributed by atoms with Crippen LogP contribution in [-0.4, -0.2) is 17.4 Å². The van der Waals surface area contributed by atoms with E-state index in [0.717, 1.165) is 21.8 Å². The van der Waals surface area contributed by atoms with Gasteiger partial charge in [-0.2, -0.15) is 5.10 Å². The zero-order chi connectivity index (χ0) is 16.1. The summed E-state index contributed by atoms with van der Waals surface area (Å²) in [6.07, 6.45) is 5.13. The van der Waals surface area contributed by atoms with Gasteiger partial charge in [-0.15, -0.1) is 17.9 Å². The van der Waals surface area contributed by atoms with Gasteiger partial charge in [0.05, 0.1) is 19.0 Å². The quantitative estimate of drug-likeness (QED) is 0.499. The number of hydrogen-bond donors (Lipinski definition) is 0. The van der Waals surface area contributed by atoms with Crippen LogP contribution in [0.1, 0.15) is 5.56 Å². The molecule has 0 bridgehead atoms. The van der Waals surface area contributed by atoms with Gasteiger partial charge in [0.25, 0.3) is 0 Å². The molecule has 0 saturated carbocycles. The largest absolute Gasteiger partial charge is 0.463 e. The number of rotatable bonds is 5. The third-order valence-electron chi connectivity index (χ3n) is 2.99. The first-order valence-corrected chi connectivity index (χ1v) is 8.19. The Morgan fingerprint density at radius 1 is 1.30 bits per heavy atom. The van der Waals surface area contributed by atoms with E-state index in [1.165, 1.54) is 11.3 Å². The topological polar surface area (TPSA) is 42.8 Å². The SMILES string of the molecule is C=CCN=c1scc(-c2ccco2)n1N=Cc1cccc(Cl)c1. The first-order chi connectivity index (χ1) is 11.3. The molecule has 0 aliphatic rings. The van der Waals surface area contributed by atoms with Crippen molar-refractivity contribution in [3.05, 3.63) is 76.1 Å². The maximum Gasteiger partial charge on any atom is 0.206 e. The summed E-state index contributed by atoms with van der Waals surface area (Å²) in [6, 6.07) is 11.2. The second-order valence-electron chi connectivity index (χ2n) is 4.62. The van der Waals surface area contributed by atoms with Gasteiger partial charge in [-0.05, 0) is 29.8 Å². The van der Waals surface area contributed by atoms with Crippen molar-refractivity contribution in [3.8, 4) is 11.5 Å². The van der Waals surface area contributed by atoms with Crippen LogP contribution in [0, 0.1) is 0 Å². The molecule has 0 unspecified atom stereocenters. The van der Waals surface area contributed by atoms with Crippen molar-refractivity contribution in [3.63, 3.8) is 0 Å². The monoisotopic (exact) mass is 343 g/mol. The fourth-order valence-corrected chi connectivity index (χ4v) is 2.99. The van der Waals surface area contributed by atoms with Gasteiger partial charge in [0.1, 0.15) is 5.69 Å². The minimum atomic E-state index is 0.533. The smallest absolute Gasteiger partial charge is 0.206 e. The van der Waals surface area contributed by atoms with Crippen LogP contribution in [-0.2, 0) is 0 Å². The molecule has 0 spiro atoms. The number of hydrogen-bond acceptors (Lipinski definition) is 4. The Morgan fingerprint density at radius 3 is 2.96 bits per heavy atom. The Kier molecular flexibility index (Phi) is 4.90. The van der Waals surface area contributed by atoms with E-state index in [-0.39, 0.29) is 0 Å². The van der Waals surface area contributed by atoms with Gasteiger partial charge >= 0.3 is 0 Å². The van der Waals surface area contributed by atoms with Crippen LogP contribution in [0.25, 0.3) is 11.5 Å². The van der Waals surface area contributed by atoms with Crippen molar-refractivity contribution in [1.29, 1.82) is 0 Å². The summed E-state index contributed by atoms with van der Waals surface area (Å²) >= 11 is 7.51. The highest BCUT2D eigenvalue weighted by atomic mass is 35.5. The van der Waals surface area contributed by atoms with Gasteiger partial charge in [0.15, 0.2) is 5.76 Å². The summed E-state index contributed by atoms with van der Waals surface area (Å²) in [5, 5.41) is 7.18. The zero-order valence-corrected chi connectivity index (χ0v) is 13.8. The molecule has 3 aromatic rings.